The first-order chi connectivity index (χ1) is 11.8. The van der Waals surface area contributed by atoms with Gasteiger partial charge in [-0.25, -0.2) is 36.4 Å². The molecule has 0 spiro atoms. The van der Waals surface area contributed by atoms with Gasteiger partial charge in [-0.2, -0.15) is 53.1 Å². The fourth-order valence-corrected chi connectivity index (χ4v) is 2.61. The first kappa shape index (κ1) is 24.3. The molecular formula is C24H33Er. The van der Waals surface area contributed by atoms with E-state index in [0.29, 0.717) is 0 Å². The van der Waals surface area contributed by atoms with Gasteiger partial charge in [0.2, 0.25) is 0 Å². The molecule has 0 nitrogen and oxygen atoms in total. The molecule has 0 amide bonds. The number of rotatable bonds is 6. The van der Waals surface area contributed by atoms with Gasteiger partial charge < -0.3 is 0 Å². The Kier molecular flexibility index (Phi) is 16.3. The van der Waals surface area contributed by atoms with Crippen molar-refractivity contribution in [3.8, 4) is 0 Å². The van der Waals surface area contributed by atoms with Gasteiger partial charge in [0.15, 0.2) is 0 Å². The maximum Gasteiger partial charge on any atom is 3.00 e. The summed E-state index contributed by atoms with van der Waals surface area (Å²) in [6.45, 7) is 6.60. The molecule has 0 fully saturated rings. The van der Waals surface area contributed by atoms with Crippen LogP contribution < -0.4 is 0 Å². The van der Waals surface area contributed by atoms with Crippen LogP contribution in [0, 0.1) is 37.3 Å². The second-order valence-corrected chi connectivity index (χ2v) is 6.13. The quantitative estimate of drug-likeness (QED) is 0.325. The van der Waals surface area contributed by atoms with E-state index in [4.69, 9.17) is 0 Å². The van der Waals surface area contributed by atoms with Crippen LogP contribution in [0.25, 0.3) is 0 Å². The van der Waals surface area contributed by atoms with Gasteiger partial charge in [0, 0.05) is 0 Å². The van der Waals surface area contributed by atoms with Gasteiger partial charge in [-0.3, -0.25) is 0 Å². The van der Waals surface area contributed by atoms with Crippen molar-refractivity contribution in [1.29, 1.82) is 0 Å². The summed E-state index contributed by atoms with van der Waals surface area (Å²) in [5.74, 6) is 0. The molecular weight excluding hydrogens is 456 g/mol. The van der Waals surface area contributed by atoms with E-state index in [0.717, 1.165) is 0 Å². The van der Waals surface area contributed by atoms with E-state index >= 15 is 0 Å². The zero-order valence-electron chi connectivity index (χ0n) is 16.0. The minimum atomic E-state index is 0. The van der Waals surface area contributed by atoms with Gasteiger partial charge >= 0.3 is 37.3 Å². The van der Waals surface area contributed by atoms with Crippen LogP contribution in [-0.4, -0.2) is 0 Å². The van der Waals surface area contributed by atoms with E-state index in [9.17, 15) is 0 Å². The molecule has 3 aromatic rings. The Morgan fingerprint density at radius 1 is 0.440 bits per heavy atom. The summed E-state index contributed by atoms with van der Waals surface area (Å²) < 4.78 is 0. The van der Waals surface area contributed by atoms with Crippen molar-refractivity contribution in [2.24, 2.45) is 0 Å². The van der Waals surface area contributed by atoms with E-state index in [2.05, 4.69) is 93.6 Å². The minimum absolute atomic E-state index is 0. The maximum absolute atomic E-state index is 2.20. The molecule has 3 aromatic carbocycles. The number of hydrogen-bond acceptors (Lipinski definition) is 0. The molecule has 3 rings (SSSR count). The zero-order chi connectivity index (χ0) is 17.5. The third-order valence-corrected chi connectivity index (χ3v) is 3.81. The van der Waals surface area contributed by atoms with Crippen molar-refractivity contribution in [2.45, 2.75) is 59.3 Å². The normalized spacial score (nSPS) is 9.24. The predicted octanol–water partition coefficient (Wildman–Crippen LogP) is 7.07. The molecule has 0 bridgehead atoms. The van der Waals surface area contributed by atoms with E-state index < -0.39 is 0 Å². The van der Waals surface area contributed by atoms with Crippen LogP contribution in [0.1, 0.15) is 56.7 Å². The molecule has 0 aliphatic heterocycles. The Morgan fingerprint density at radius 2 is 0.640 bits per heavy atom. The Hall–Kier alpha value is -0.703. The monoisotopic (exact) mass is 487 g/mol. The van der Waals surface area contributed by atoms with Gasteiger partial charge in [0.05, 0.1) is 0 Å². The molecule has 25 heavy (non-hydrogen) atoms. The maximum atomic E-state index is 2.20. The van der Waals surface area contributed by atoms with Crippen LogP contribution in [0.15, 0.2) is 72.8 Å². The van der Waals surface area contributed by atoms with Crippen LogP contribution in [0.5, 0.6) is 0 Å². The molecule has 0 atom stereocenters. The summed E-state index contributed by atoms with van der Waals surface area (Å²) in [5, 5.41) is 0. The molecule has 0 heterocycles. The first-order valence-electron chi connectivity index (χ1n) is 9.41. The van der Waals surface area contributed by atoms with Crippen LogP contribution >= 0.6 is 0 Å². The summed E-state index contributed by atoms with van der Waals surface area (Å²) in [4.78, 5) is 0. The smallest absolute Gasteiger partial charge is 0.213 e. The minimum Gasteiger partial charge on any atom is -0.213 e. The van der Waals surface area contributed by atoms with Gasteiger partial charge in [-0.15, -0.1) is 0 Å². The van der Waals surface area contributed by atoms with Crippen molar-refractivity contribution in [3.63, 3.8) is 0 Å². The fraction of sp³-hybridized carbons (Fsp3) is 0.375. The summed E-state index contributed by atoms with van der Waals surface area (Å²) in [5.41, 5.74) is 4.40. The summed E-state index contributed by atoms with van der Waals surface area (Å²) in [7, 11) is 0. The molecule has 0 saturated heterocycles. The van der Waals surface area contributed by atoms with Gasteiger partial charge in [-0.05, 0) is 0 Å². The fourth-order valence-electron chi connectivity index (χ4n) is 2.61. The second kappa shape index (κ2) is 16.7. The van der Waals surface area contributed by atoms with E-state index in [1.807, 2.05) is 0 Å². The molecule has 0 aromatic heterocycles. The first-order valence-corrected chi connectivity index (χ1v) is 9.41. The van der Waals surface area contributed by atoms with E-state index in [1.54, 1.807) is 0 Å². The van der Waals surface area contributed by atoms with Crippen LogP contribution in [-0.2, 0) is 19.3 Å². The third kappa shape index (κ3) is 12.3. The van der Waals surface area contributed by atoms with Crippen LogP contribution in [0.4, 0.5) is 0 Å². The van der Waals surface area contributed by atoms with Crippen LogP contribution in [0.2, 0.25) is 0 Å². The summed E-state index contributed by atoms with van der Waals surface area (Å²) in [6, 6.07) is 25.6. The molecule has 141 valence electrons. The van der Waals surface area contributed by atoms with Crippen LogP contribution in [0.3, 0.4) is 0 Å². The summed E-state index contributed by atoms with van der Waals surface area (Å²) in [6.07, 6.45) is 7.45. The Morgan fingerprint density at radius 3 is 0.800 bits per heavy atom. The predicted molar refractivity (Wildman–Crippen MR) is 108 cm³/mol. The van der Waals surface area contributed by atoms with Crippen molar-refractivity contribution in [3.05, 3.63) is 89.5 Å². The van der Waals surface area contributed by atoms with Crippen molar-refractivity contribution >= 4 is 0 Å². The van der Waals surface area contributed by atoms with Crippen molar-refractivity contribution < 1.29 is 37.3 Å². The van der Waals surface area contributed by atoms with Gasteiger partial charge in [0.1, 0.15) is 0 Å². The zero-order valence-corrected chi connectivity index (χ0v) is 17.8. The van der Waals surface area contributed by atoms with Crippen molar-refractivity contribution in [2.75, 3.05) is 0 Å². The van der Waals surface area contributed by atoms with Crippen molar-refractivity contribution in [1.82, 2.24) is 0 Å². The molecule has 1 radical (unpaired) electrons. The second-order valence-electron chi connectivity index (χ2n) is 6.13. The molecule has 0 N–H and O–H groups in total. The largest absolute Gasteiger partial charge is 3.00 e. The number of aryl methyl sites for hydroxylation is 3. The molecule has 0 saturated carbocycles. The Bertz CT molecular complexity index is 470. The van der Waals surface area contributed by atoms with E-state index in [-0.39, 0.29) is 37.3 Å². The molecule has 0 unspecified atom stereocenters. The third-order valence-electron chi connectivity index (χ3n) is 3.81. The van der Waals surface area contributed by atoms with Gasteiger partial charge in [-0.1, -0.05) is 59.3 Å². The standard InChI is InChI=1S/3C8H11.Er/c3*1-2-5-8-6-3-4-7-8;/h3*3-4,6-7H,2,5H2,1H3;/q3*-1;+3. The van der Waals surface area contributed by atoms with E-state index in [1.165, 1.54) is 55.2 Å². The Balaban J connectivity index is 0.000000339. The number of hydrogen-bond donors (Lipinski definition) is 0. The SMILES string of the molecule is CCC[c-]1cccc1.CCC[c-]1cccc1.CCC[c-]1cccc1.[Er+3]. The molecule has 1 heteroatoms. The summed E-state index contributed by atoms with van der Waals surface area (Å²) >= 11 is 0. The average molecular weight is 489 g/mol. The Labute approximate surface area is 185 Å². The topological polar surface area (TPSA) is 0 Å². The van der Waals surface area contributed by atoms with Gasteiger partial charge in [0.25, 0.3) is 0 Å². The molecule has 0 aliphatic rings. The molecule has 0 aliphatic carbocycles. The average Bonchev–Trinajstić information content (AvgIpc) is 3.33.